The number of ether oxygens (including phenoxy) is 2. The van der Waals surface area contributed by atoms with E-state index in [1.54, 1.807) is 0 Å². The second-order valence-corrected chi connectivity index (χ2v) is 4.26. The lowest BCUT2D eigenvalue weighted by molar-refractivity contribution is -0.186. The zero-order valence-corrected chi connectivity index (χ0v) is 7.65. The minimum absolute atomic E-state index is 0.0467. The van der Waals surface area contributed by atoms with Crippen LogP contribution in [0.25, 0.3) is 0 Å². The molecule has 0 amide bonds. The van der Waals surface area contributed by atoms with E-state index < -0.39 is 5.79 Å². The van der Waals surface area contributed by atoms with Crippen molar-refractivity contribution < 1.29 is 9.47 Å². The van der Waals surface area contributed by atoms with Crippen molar-refractivity contribution in [1.29, 1.82) is 0 Å². The number of halogens is 1. The van der Waals surface area contributed by atoms with E-state index in [0.29, 0.717) is 13.2 Å². The fourth-order valence-electron chi connectivity index (χ4n) is 1.63. The van der Waals surface area contributed by atoms with Crippen LogP contribution in [0.1, 0.15) is 20.3 Å². The van der Waals surface area contributed by atoms with Gasteiger partial charge in [0.25, 0.3) is 0 Å². The van der Waals surface area contributed by atoms with Gasteiger partial charge in [-0.05, 0) is 13.3 Å². The molecule has 2 atom stereocenters. The summed E-state index contributed by atoms with van der Waals surface area (Å²) in [6, 6.07) is 0. The predicted octanol–water partition coefficient (Wildman–Crippen LogP) is 1.77. The Morgan fingerprint density at radius 2 is 1.73 bits per heavy atom. The van der Waals surface area contributed by atoms with E-state index in [4.69, 9.17) is 21.1 Å². The molecular formula is C8H13ClO2. The molecule has 11 heavy (non-hydrogen) atoms. The highest BCUT2D eigenvalue weighted by atomic mass is 35.5. The molecule has 0 N–H and O–H groups in total. The van der Waals surface area contributed by atoms with Crippen molar-refractivity contribution in [2.24, 2.45) is 5.41 Å². The second kappa shape index (κ2) is 2.12. The van der Waals surface area contributed by atoms with Gasteiger partial charge in [0.1, 0.15) is 0 Å². The maximum atomic E-state index is 6.00. The molecule has 1 saturated heterocycles. The maximum absolute atomic E-state index is 6.00. The van der Waals surface area contributed by atoms with Crippen molar-refractivity contribution in [2.75, 3.05) is 13.2 Å². The highest BCUT2D eigenvalue weighted by molar-refractivity contribution is 6.23. The summed E-state index contributed by atoms with van der Waals surface area (Å²) in [6.45, 7) is 5.52. The summed E-state index contributed by atoms with van der Waals surface area (Å²) in [5.41, 5.74) is 0.0467. The Morgan fingerprint density at radius 3 is 2.09 bits per heavy atom. The van der Waals surface area contributed by atoms with Crippen molar-refractivity contribution in [2.45, 2.75) is 31.4 Å². The predicted molar refractivity (Wildman–Crippen MR) is 42.7 cm³/mol. The van der Waals surface area contributed by atoms with Crippen LogP contribution in [-0.4, -0.2) is 24.4 Å². The summed E-state index contributed by atoms with van der Waals surface area (Å²) in [4.78, 5) is 0. The molecule has 2 nitrogen and oxygen atoms in total. The van der Waals surface area contributed by atoms with Gasteiger partial charge in [0.2, 0.25) is 0 Å². The van der Waals surface area contributed by atoms with Crippen LogP contribution >= 0.6 is 11.6 Å². The highest BCUT2D eigenvalue weighted by Crippen LogP contribution is 2.59. The first-order valence-corrected chi connectivity index (χ1v) is 4.44. The van der Waals surface area contributed by atoms with Crippen LogP contribution in [0.4, 0.5) is 0 Å². The Balaban J connectivity index is 2.14. The standard InChI is InChI=1S/C8H13ClO2/c1-7(5-6(7)9)8(2)10-3-4-11-8/h6H,3-5H2,1-2H3. The summed E-state index contributed by atoms with van der Waals surface area (Å²) in [7, 11) is 0. The fraction of sp³-hybridized carbons (Fsp3) is 1.00. The maximum Gasteiger partial charge on any atom is 0.172 e. The molecule has 1 aliphatic heterocycles. The Labute approximate surface area is 71.8 Å². The van der Waals surface area contributed by atoms with Gasteiger partial charge in [0.05, 0.1) is 13.2 Å². The van der Waals surface area contributed by atoms with Gasteiger partial charge < -0.3 is 9.47 Å². The first-order valence-electron chi connectivity index (χ1n) is 4.00. The highest BCUT2D eigenvalue weighted by Gasteiger charge is 2.64. The van der Waals surface area contributed by atoms with Gasteiger partial charge in [-0.15, -0.1) is 11.6 Å². The van der Waals surface area contributed by atoms with Crippen molar-refractivity contribution in [3.63, 3.8) is 0 Å². The molecule has 0 aromatic heterocycles. The molecular weight excluding hydrogens is 164 g/mol. The topological polar surface area (TPSA) is 18.5 Å². The van der Waals surface area contributed by atoms with Crippen LogP contribution < -0.4 is 0 Å². The van der Waals surface area contributed by atoms with Gasteiger partial charge in [0.15, 0.2) is 5.79 Å². The average Bonchev–Trinajstić information content (AvgIpc) is 2.46. The minimum Gasteiger partial charge on any atom is -0.347 e. The van der Waals surface area contributed by atoms with E-state index >= 15 is 0 Å². The zero-order chi connectivity index (χ0) is 8.11. The lowest BCUT2D eigenvalue weighted by Crippen LogP contribution is -2.37. The molecule has 0 spiro atoms. The van der Waals surface area contributed by atoms with Gasteiger partial charge >= 0.3 is 0 Å². The summed E-state index contributed by atoms with van der Waals surface area (Å²) in [5, 5.41) is 0.227. The Bertz CT molecular complexity index is 177. The van der Waals surface area contributed by atoms with Crippen molar-refractivity contribution in [3.8, 4) is 0 Å². The Hall–Kier alpha value is 0.210. The van der Waals surface area contributed by atoms with E-state index in [0.717, 1.165) is 6.42 Å². The average molecular weight is 177 g/mol. The quantitative estimate of drug-likeness (QED) is 0.567. The molecule has 0 aromatic rings. The molecule has 2 fully saturated rings. The van der Waals surface area contributed by atoms with E-state index in [1.807, 2.05) is 6.92 Å². The number of hydrogen-bond acceptors (Lipinski definition) is 2. The normalized spacial score (nSPS) is 47.7. The molecule has 0 bridgehead atoms. The van der Waals surface area contributed by atoms with Crippen LogP contribution in [0.2, 0.25) is 0 Å². The van der Waals surface area contributed by atoms with Crippen LogP contribution in [0.5, 0.6) is 0 Å². The van der Waals surface area contributed by atoms with Crippen molar-refractivity contribution >= 4 is 11.6 Å². The van der Waals surface area contributed by atoms with E-state index in [1.165, 1.54) is 0 Å². The summed E-state index contributed by atoms with van der Waals surface area (Å²) in [6.07, 6.45) is 1.01. The Kier molecular flexibility index (Phi) is 1.51. The van der Waals surface area contributed by atoms with Crippen molar-refractivity contribution in [1.82, 2.24) is 0 Å². The molecule has 3 heteroatoms. The van der Waals surface area contributed by atoms with E-state index in [2.05, 4.69) is 6.92 Å². The van der Waals surface area contributed by atoms with Crippen molar-refractivity contribution in [3.05, 3.63) is 0 Å². The third-order valence-corrected chi connectivity index (χ3v) is 3.65. The minimum atomic E-state index is -0.417. The van der Waals surface area contributed by atoms with Gasteiger partial charge in [-0.2, -0.15) is 0 Å². The monoisotopic (exact) mass is 176 g/mol. The van der Waals surface area contributed by atoms with Gasteiger partial charge in [0, 0.05) is 10.8 Å². The first kappa shape index (κ1) is 7.84. The molecule has 2 rings (SSSR count). The second-order valence-electron chi connectivity index (χ2n) is 3.73. The van der Waals surface area contributed by atoms with Gasteiger partial charge in [-0.25, -0.2) is 0 Å². The SMILES string of the molecule is CC1(C2(C)CC2Cl)OCCO1. The summed E-state index contributed by atoms with van der Waals surface area (Å²) >= 11 is 6.00. The third-order valence-electron chi connectivity index (χ3n) is 3.01. The van der Waals surface area contributed by atoms with Gasteiger partial charge in [-0.3, -0.25) is 0 Å². The van der Waals surface area contributed by atoms with E-state index in [-0.39, 0.29) is 10.8 Å². The molecule has 2 unspecified atom stereocenters. The molecule has 1 saturated carbocycles. The molecule has 2 aliphatic rings. The molecule has 0 radical (unpaired) electrons. The van der Waals surface area contributed by atoms with Gasteiger partial charge in [-0.1, -0.05) is 6.92 Å². The molecule has 1 aliphatic carbocycles. The Morgan fingerprint density at radius 1 is 1.27 bits per heavy atom. The number of alkyl halides is 1. The molecule has 64 valence electrons. The number of hydrogen-bond donors (Lipinski definition) is 0. The van der Waals surface area contributed by atoms with Crippen LogP contribution in [0, 0.1) is 5.41 Å². The first-order chi connectivity index (χ1) is 5.08. The zero-order valence-electron chi connectivity index (χ0n) is 6.89. The summed E-state index contributed by atoms with van der Waals surface area (Å²) in [5.74, 6) is -0.417. The molecule has 0 aromatic carbocycles. The van der Waals surface area contributed by atoms with E-state index in [9.17, 15) is 0 Å². The molecule has 1 heterocycles. The van der Waals surface area contributed by atoms with Crippen LogP contribution in [0.15, 0.2) is 0 Å². The van der Waals surface area contributed by atoms with Crippen LogP contribution in [0.3, 0.4) is 0 Å². The summed E-state index contributed by atoms with van der Waals surface area (Å²) < 4.78 is 11.1. The smallest absolute Gasteiger partial charge is 0.172 e. The lowest BCUT2D eigenvalue weighted by Gasteiger charge is -2.29. The lowest BCUT2D eigenvalue weighted by atomic mass is 9.99. The van der Waals surface area contributed by atoms with Crippen LogP contribution in [-0.2, 0) is 9.47 Å². The largest absolute Gasteiger partial charge is 0.347 e. The third kappa shape index (κ3) is 0.930. The number of rotatable bonds is 1. The fourth-order valence-corrected chi connectivity index (χ4v) is 2.15.